The van der Waals surface area contributed by atoms with Crippen LogP contribution < -0.4 is 0 Å². The highest BCUT2D eigenvalue weighted by molar-refractivity contribution is 14.9. The first kappa shape index (κ1) is 11.7. The zero-order chi connectivity index (χ0) is 6.41. The lowest BCUT2D eigenvalue weighted by Crippen LogP contribution is -1.68. The molecule has 0 spiro atoms. The van der Waals surface area contributed by atoms with Gasteiger partial charge in [0.1, 0.15) is 0 Å². The van der Waals surface area contributed by atoms with E-state index in [1.54, 1.807) is 0 Å². The van der Waals surface area contributed by atoms with E-state index >= 15 is 0 Å². The van der Waals surface area contributed by atoms with Crippen molar-refractivity contribution in [1.82, 2.24) is 0 Å². The van der Waals surface area contributed by atoms with Crippen LogP contribution in [-0.4, -0.2) is 0 Å². The fourth-order valence-corrected chi connectivity index (χ4v) is 0. The van der Waals surface area contributed by atoms with Crippen molar-refractivity contribution < 1.29 is 0 Å². The van der Waals surface area contributed by atoms with Gasteiger partial charge in [0.15, 0.2) is 0 Å². The Bertz CT molecular complexity index is 62.7. The lowest BCUT2D eigenvalue weighted by molar-refractivity contribution is 6.76. The maximum absolute atomic E-state index is 2.50. The molecule has 0 saturated carbocycles. The molecule has 0 fully saturated rings. The molecule has 0 aliphatic carbocycles. The Morgan fingerprint density at radius 3 is 0.571 bits per heavy atom. The predicted octanol–water partition coefficient (Wildman–Crippen LogP) is 5.96. The van der Waals surface area contributed by atoms with Gasteiger partial charge in [-0.2, -0.15) is 0 Å². The largest absolute Gasteiger partial charge is 0.0246 e. The fraction of sp³-hybridized carbons (Fsp3) is 0. The second-order valence-electron chi connectivity index (χ2n) is 0.875. The van der Waals surface area contributed by atoms with Gasteiger partial charge in [0.05, 0.1) is 0 Å². The summed E-state index contributed by atoms with van der Waals surface area (Å²) in [5.41, 5.74) is 0. The molecule has 0 aliphatic heterocycles. The molecule has 7 heteroatoms. The first-order valence-electron chi connectivity index (χ1n) is 0.926. The molecule has 0 aromatic heterocycles. The summed E-state index contributed by atoms with van der Waals surface area (Å²) in [5.74, 6) is 0. The van der Waals surface area contributed by atoms with E-state index in [1.807, 2.05) is 0 Å². The Kier molecular flexibility index (Phi) is 4.37. The van der Waals surface area contributed by atoms with E-state index < -0.39 is -8.68 Å². The molecule has 0 nitrogen and oxygen atoms in total. The molecule has 0 aromatic carbocycles. The molecule has 0 N–H and O–H groups in total. The van der Waals surface area contributed by atoms with Crippen molar-refractivity contribution >= 4 is 119 Å². The van der Waals surface area contributed by atoms with Gasteiger partial charge >= 0.3 is 0 Å². The van der Waals surface area contributed by atoms with E-state index in [4.69, 9.17) is 0 Å². The highest BCUT2D eigenvalue weighted by Crippen LogP contribution is 3.22. The maximum Gasteiger partial charge on any atom is 0.00410 e. The third kappa shape index (κ3) is 36.6. The van der Waals surface area contributed by atoms with Crippen molar-refractivity contribution in [2.24, 2.45) is 0 Å². The normalized spacial score (nSPS) is 23.1. The van der Waals surface area contributed by atoms with Gasteiger partial charge in [0.25, 0.3) is 0 Å². The SMILES string of the molecule is IS(I)(I)(I)(I)I. The lowest BCUT2D eigenvalue weighted by atomic mass is 32.0. The van der Waals surface area contributed by atoms with Crippen LogP contribution in [-0.2, 0) is 0 Å². The minimum Gasteiger partial charge on any atom is -0.0246 e. The molecule has 48 valence electrons. The molecular formula is I6S. The van der Waals surface area contributed by atoms with Gasteiger partial charge in [-0.3, -0.25) is 0 Å². The number of hydrogen-bond acceptors (Lipinski definition) is 0. The third-order valence-corrected chi connectivity index (χ3v) is 0. The Labute approximate surface area is 115 Å². The van der Waals surface area contributed by atoms with Crippen LogP contribution in [0.2, 0.25) is 0 Å². The summed E-state index contributed by atoms with van der Waals surface area (Å²) < 4.78 is -1.65. The predicted molar refractivity (Wildman–Crippen MR) is 91.7 cm³/mol. The lowest BCUT2D eigenvalue weighted by Gasteiger charge is -2.46. The van der Waals surface area contributed by atoms with E-state index in [-0.39, 0.29) is 0 Å². The number of rotatable bonds is 0. The van der Waals surface area contributed by atoms with Crippen molar-refractivity contribution in [1.29, 1.82) is 0 Å². The molecule has 0 saturated heterocycles. The van der Waals surface area contributed by atoms with E-state index in [9.17, 15) is 0 Å². The number of hydrogen-bond donors (Lipinski definition) is 0. The topological polar surface area (TPSA) is 0 Å². The Morgan fingerprint density at radius 1 is 0.571 bits per heavy atom. The van der Waals surface area contributed by atoms with E-state index in [0.29, 0.717) is 0 Å². The molecule has 0 rings (SSSR count). The van der Waals surface area contributed by atoms with Crippen LogP contribution in [0.3, 0.4) is 0 Å². The molecule has 7 heavy (non-hydrogen) atoms. The average Bonchev–Trinajstić information content (AvgIpc) is 0.592. The standard InChI is InChI=1S/I6S/c1-7(2,3,4,5)6. The van der Waals surface area contributed by atoms with E-state index in [2.05, 4.69) is 127 Å². The third-order valence-electron chi connectivity index (χ3n) is 0. The Balaban J connectivity index is 4.43. The molecule has 0 aliphatic rings. The van der Waals surface area contributed by atoms with Crippen LogP contribution in [0.4, 0.5) is 0 Å². The molecule has 0 unspecified atom stereocenters. The van der Waals surface area contributed by atoms with Gasteiger partial charge in [-0.1, -0.05) is 0 Å². The molecular weight excluding hydrogens is 793 g/mol. The van der Waals surface area contributed by atoms with Crippen molar-refractivity contribution in [3.63, 3.8) is 0 Å². The molecule has 0 aromatic rings. The van der Waals surface area contributed by atoms with Gasteiger partial charge in [-0.15, -0.1) is 0 Å². The summed E-state index contributed by atoms with van der Waals surface area (Å²) >= 11 is 15.0. The van der Waals surface area contributed by atoms with E-state index in [0.717, 1.165) is 0 Å². The summed E-state index contributed by atoms with van der Waals surface area (Å²) in [5, 5.41) is 0. The molecule has 0 bridgehead atoms. The van der Waals surface area contributed by atoms with Crippen molar-refractivity contribution in [3.05, 3.63) is 0 Å². The first-order valence-corrected chi connectivity index (χ1v) is 18.6. The second kappa shape index (κ2) is 2.61. The molecule has 0 radical (unpaired) electrons. The molecule has 0 amide bonds. The summed E-state index contributed by atoms with van der Waals surface area (Å²) in [6.07, 6.45) is 0. The van der Waals surface area contributed by atoms with E-state index in [1.165, 1.54) is 0 Å². The van der Waals surface area contributed by atoms with Gasteiger partial charge in [0.2, 0.25) is 0 Å². The number of halogens is 6. The first-order chi connectivity index (χ1) is 2.45. The van der Waals surface area contributed by atoms with Gasteiger partial charge in [0, 0.05) is 127 Å². The Morgan fingerprint density at radius 2 is 0.571 bits per heavy atom. The van der Waals surface area contributed by atoms with Gasteiger partial charge in [-0.05, 0) is -8.68 Å². The Hall–Kier alpha value is 4.73. The zero-order valence-corrected chi connectivity index (χ0v) is 16.4. The quantitative estimate of drug-likeness (QED) is 0.266. The summed E-state index contributed by atoms with van der Waals surface area (Å²) in [6.45, 7) is 0. The van der Waals surface area contributed by atoms with Gasteiger partial charge in [-0.25, -0.2) is 0 Å². The minimum absolute atomic E-state index is 1.65. The van der Waals surface area contributed by atoms with Crippen LogP contribution in [0, 0.1) is 0 Å². The average molecular weight is 793 g/mol. The monoisotopic (exact) mass is 793 g/mol. The molecule has 0 atom stereocenters. The summed E-state index contributed by atoms with van der Waals surface area (Å²) in [7, 11) is 0. The van der Waals surface area contributed by atoms with Crippen LogP contribution in [0.1, 0.15) is 0 Å². The highest BCUT2D eigenvalue weighted by Gasteiger charge is 2.44. The van der Waals surface area contributed by atoms with Crippen molar-refractivity contribution in [3.8, 4) is 0 Å². The highest BCUT2D eigenvalue weighted by atomic mass is 127. The maximum atomic E-state index is 2.50. The summed E-state index contributed by atoms with van der Waals surface area (Å²) in [4.78, 5) is 0. The summed E-state index contributed by atoms with van der Waals surface area (Å²) in [6, 6.07) is 0. The smallest absolute Gasteiger partial charge is 0.00410 e. The fourth-order valence-electron chi connectivity index (χ4n) is 0. The van der Waals surface area contributed by atoms with Gasteiger partial charge < -0.3 is 0 Å². The molecule has 0 heterocycles. The minimum atomic E-state index is -1.65. The van der Waals surface area contributed by atoms with Crippen molar-refractivity contribution in [2.75, 3.05) is 0 Å². The van der Waals surface area contributed by atoms with Crippen LogP contribution >= 0.6 is 119 Å². The van der Waals surface area contributed by atoms with Crippen LogP contribution in [0.15, 0.2) is 0 Å². The van der Waals surface area contributed by atoms with Crippen LogP contribution in [0.5, 0.6) is 0 Å². The van der Waals surface area contributed by atoms with Crippen molar-refractivity contribution in [2.45, 2.75) is 0 Å². The van der Waals surface area contributed by atoms with Crippen LogP contribution in [0.25, 0.3) is 0 Å². The zero-order valence-electron chi connectivity index (χ0n) is 2.68. The second-order valence-corrected chi connectivity index (χ2v) is 118.